The predicted molar refractivity (Wildman–Crippen MR) is 101 cm³/mol. The van der Waals surface area contributed by atoms with Gasteiger partial charge in [0.1, 0.15) is 6.54 Å². The highest BCUT2D eigenvalue weighted by Crippen LogP contribution is 2.18. The largest absolute Gasteiger partial charge is 0.468 e. The van der Waals surface area contributed by atoms with Crippen molar-refractivity contribution in [3.8, 4) is 0 Å². The van der Waals surface area contributed by atoms with Gasteiger partial charge in [-0.3, -0.25) is 19.0 Å². The standard InChI is InChI=1S/C18H23N3O4S/c1-4-7-12(2)19-15(22)11-26-18-20-14-9-6-5-8-13(14)17(24)21(18)10-16(23)25-3/h5-6,8-9,12H,4,7,10-11H2,1-3H3,(H,19,22)/t12-/m1/s1. The molecule has 0 aliphatic carbocycles. The molecule has 1 N–H and O–H groups in total. The lowest BCUT2D eigenvalue weighted by Crippen LogP contribution is -2.34. The van der Waals surface area contributed by atoms with E-state index in [0.29, 0.717) is 16.1 Å². The number of ether oxygens (including phenoxy) is 1. The van der Waals surface area contributed by atoms with Gasteiger partial charge in [0.25, 0.3) is 5.56 Å². The van der Waals surface area contributed by atoms with Crippen LogP contribution in [0.3, 0.4) is 0 Å². The number of hydrogen-bond donors (Lipinski definition) is 1. The van der Waals surface area contributed by atoms with Crippen molar-refractivity contribution in [3.05, 3.63) is 34.6 Å². The molecule has 0 aliphatic rings. The Kier molecular flexibility index (Phi) is 7.20. The maximum atomic E-state index is 12.7. The van der Waals surface area contributed by atoms with Gasteiger partial charge < -0.3 is 10.1 Å². The van der Waals surface area contributed by atoms with Crippen LogP contribution in [0.2, 0.25) is 0 Å². The first-order chi connectivity index (χ1) is 12.5. The lowest BCUT2D eigenvalue weighted by atomic mass is 10.2. The van der Waals surface area contributed by atoms with Crippen molar-refractivity contribution in [2.24, 2.45) is 0 Å². The van der Waals surface area contributed by atoms with Crippen LogP contribution in [0.5, 0.6) is 0 Å². The number of carbonyl (C=O) groups excluding carboxylic acids is 2. The molecule has 0 fully saturated rings. The van der Waals surface area contributed by atoms with Crippen LogP contribution < -0.4 is 10.9 Å². The van der Waals surface area contributed by atoms with Gasteiger partial charge in [0.05, 0.1) is 23.8 Å². The van der Waals surface area contributed by atoms with Crippen LogP contribution in [0.1, 0.15) is 26.7 Å². The molecule has 26 heavy (non-hydrogen) atoms. The quantitative estimate of drug-likeness (QED) is 0.430. The van der Waals surface area contributed by atoms with E-state index in [1.165, 1.54) is 11.7 Å². The van der Waals surface area contributed by atoms with E-state index in [1.807, 2.05) is 6.92 Å². The van der Waals surface area contributed by atoms with Gasteiger partial charge >= 0.3 is 5.97 Å². The van der Waals surface area contributed by atoms with Gasteiger partial charge in [0.15, 0.2) is 5.16 Å². The molecule has 1 amide bonds. The number of nitrogens with zero attached hydrogens (tertiary/aromatic N) is 2. The van der Waals surface area contributed by atoms with Crippen LogP contribution in [-0.4, -0.2) is 40.3 Å². The number of hydrogen-bond acceptors (Lipinski definition) is 6. The molecule has 7 nitrogen and oxygen atoms in total. The third-order valence-electron chi connectivity index (χ3n) is 3.80. The number of benzene rings is 1. The summed E-state index contributed by atoms with van der Waals surface area (Å²) in [4.78, 5) is 40.9. The Hall–Kier alpha value is -2.35. The Morgan fingerprint density at radius 2 is 2.08 bits per heavy atom. The van der Waals surface area contributed by atoms with Crippen molar-refractivity contribution in [1.82, 2.24) is 14.9 Å². The Morgan fingerprint density at radius 1 is 1.35 bits per heavy atom. The predicted octanol–water partition coefficient (Wildman–Crippen LogP) is 1.97. The molecule has 1 atom stereocenters. The van der Waals surface area contributed by atoms with E-state index < -0.39 is 5.97 Å². The second kappa shape index (κ2) is 9.38. The molecule has 0 radical (unpaired) electrons. The first-order valence-electron chi connectivity index (χ1n) is 8.44. The second-order valence-corrected chi connectivity index (χ2v) is 6.87. The zero-order chi connectivity index (χ0) is 19.1. The van der Waals surface area contributed by atoms with Gasteiger partial charge in [-0.05, 0) is 25.5 Å². The molecule has 1 aromatic heterocycles. The fourth-order valence-corrected chi connectivity index (χ4v) is 3.35. The van der Waals surface area contributed by atoms with Crippen LogP contribution in [0, 0.1) is 0 Å². The van der Waals surface area contributed by atoms with Gasteiger partial charge in [-0.1, -0.05) is 37.2 Å². The van der Waals surface area contributed by atoms with E-state index in [1.54, 1.807) is 24.3 Å². The number of aromatic nitrogens is 2. The summed E-state index contributed by atoms with van der Waals surface area (Å²) in [6.07, 6.45) is 1.89. The van der Waals surface area contributed by atoms with E-state index in [-0.39, 0.29) is 29.8 Å². The molecule has 0 saturated heterocycles. The number of para-hydroxylation sites is 1. The molecular weight excluding hydrogens is 354 g/mol. The number of esters is 1. The van der Waals surface area contributed by atoms with Crippen molar-refractivity contribution in [2.75, 3.05) is 12.9 Å². The molecule has 2 rings (SSSR count). The summed E-state index contributed by atoms with van der Waals surface area (Å²) in [5.41, 5.74) is 0.198. The van der Waals surface area contributed by atoms with Crippen molar-refractivity contribution >= 4 is 34.5 Å². The number of thioether (sulfide) groups is 1. The lowest BCUT2D eigenvalue weighted by Gasteiger charge is -2.14. The normalized spacial score (nSPS) is 12.0. The molecule has 0 bridgehead atoms. The molecular formula is C18H23N3O4S. The first kappa shape index (κ1) is 20.0. The molecule has 0 spiro atoms. The van der Waals surface area contributed by atoms with Crippen molar-refractivity contribution in [1.29, 1.82) is 0 Å². The molecule has 140 valence electrons. The van der Waals surface area contributed by atoms with Crippen LogP contribution >= 0.6 is 11.8 Å². The Balaban J connectivity index is 2.26. The fraction of sp³-hybridized carbons (Fsp3) is 0.444. The van der Waals surface area contributed by atoms with E-state index in [4.69, 9.17) is 0 Å². The summed E-state index contributed by atoms with van der Waals surface area (Å²) in [5, 5.41) is 3.64. The van der Waals surface area contributed by atoms with E-state index in [2.05, 4.69) is 22.0 Å². The van der Waals surface area contributed by atoms with Gasteiger partial charge in [-0.2, -0.15) is 0 Å². The number of amides is 1. The minimum atomic E-state index is -0.549. The van der Waals surface area contributed by atoms with Crippen LogP contribution in [0.25, 0.3) is 10.9 Å². The maximum Gasteiger partial charge on any atom is 0.325 e. The summed E-state index contributed by atoms with van der Waals surface area (Å²) >= 11 is 1.13. The number of fused-ring (bicyclic) bond motifs is 1. The molecule has 8 heteroatoms. The number of methoxy groups -OCH3 is 1. The zero-order valence-electron chi connectivity index (χ0n) is 15.2. The molecule has 0 saturated carbocycles. The first-order valence-corrected chi connectivity index (χ1v) is 9.43. The molecule has 0 unspecified atom stereocenters. The Morgan fingerprint density at radius 3 is 2.77 bits per heavy atom. The van der Waals surface area contributed by atoms with Gasteiger partial charge in [0, 0.05) is 6.04 Å². The topological polar surface area (TPSA) is 90.3 Å². The van der Waals surface area contributed by atoms with E-state index >= 15 is 0 Å². The summed E-state index contributed by atoms with van der Waals surface area (Å²) in [5.74, 6) is -0.574. The van der Waals surface area contributed by atoms with Crippen LogP contribution in [0.15, 0.2) is 34.2 Å². The summed E-state index contributed by atoms with van der Waals surface area (Å²) < 4.78 is 5.92. The molecule has 1 heterocycles. The summed E-state index contributed by atoms with van der Waals surface area (Å²) in [7, 11) is 1.26. The molecule has 2 aromatic rings. The maximum absolute atomic E-state index is 12.7. The van der Waals surface area contributed by atoms with E-state index in [9.17, 15) is 14.4 Å². The second-order valence-electron chi connectivity index (χ2n) is 5.92. The molecule has 1 aromatic carbocycles. The monoisotopic (exact) mass is 377 g/mol. The minimum Gasteiger partial charge on any atom is -0.468 e. The average Bonchev–Trinajstić information content (AvgIpc) is 2.62. The van der Waals surface area contributed by atoms with Crippen molar-refractivity contribution in [3.63, 3.8) is 0 Å². The van der Waals surface area contributed by atoms with Crippen LogP contribution in [0.4, 0.5) is 0 Å². The van der Waals surface area contributed by atoms with Crippen molar-refractivity contribution in [2.45, 2.75) is 44.4 Å². The highest BCUT2D eigenvalue weighted by atomic mass is 32.2. The summed E-state index contributed by atoms with van der Waals surface area (Å²) in [6, 6.07) is 7.00. The van der Waals surface area contributed by atoms with Crippen molar-refractivity contribution < 1.29 is 14.3 Å². The SMILES string of the molecule is CCC[C@@H](C)NC(=O)CSc1nc2ccccc2c(=O)n1CC(=O)OC. The number of rotatable bonds is 8. The van der Waals surface area contributed by atoms with Gasteiger partial charge in [0.2, 0.25) is 5.91 Å². The van der Waals surface area contributed by atoms with E-state index in [0.717, 1.165) is 24.6 Å². The number of nitrogens with one attached hydrogen (secondary N) is 1. The lowest BCUT2D eigenvalue weighted by molar-refractivity contribution is -0.141. The molecule has 0 aliphatic heterocycles. The van der Waals surface area contributed by atoms with Gasteiger partial charge in [-0.15, -0.1) is 0 Å². The highest BCUT2D eigenvalue weighted by molar-refractivity contribution is 7.99. The van der Waals surface area contributed by atoms with Gasteiger partial charge in [-0.25, -0.2) is 4.98 Å². The third-order valence-corrected chi connectivity index (χ3v) is 4.78. The highest BCUT2D eigenvalue weighted by Gasteiger charge is 2.16. The average molecular weight is 377 g/mol. The van der Waals surface area contributed by atoms with Crippen LogP contribution in [-0.2, 0) is 20.9 Å². The fourth-order valence-electron chi connectivity index (χ4n) is 2.54. The number of carbonyl (C=O) groups is 2. The summed E-state index contributed by atoms with van der Waals surface area (Å²) in [6.45, 7) is 3.76. The smallest absolute Gasteiger partial charge is 0.325 e. The third kappa shape index (κ3) is 5.08. The minimum absolute atomic E-state index is 0.0925. The Labute approximate surface area is 156 Å². The zero-order valence-corrected chi connectivity index (χ0v) is 16.0. The Bertz CT molecular complexity index is 850.